The van der Waals surface area contributed by atoms with Crippen LogP contribution in [0.5, 0.6) is 0 Å². The Kier molecular flexibility index (Phi) is 7.02. The van der Waals surface area contributed by atoms with Gasteiger partial charge in [-0.25, -0.2) is 9.67 Å². The number of thioether (sulfide) groups is 1. The number of hydrogen-bond donors (Lipinski definition) is 1. The summed E-state index contributed by atoms with van der Waals surface area (Å²) in [5, 5.41) is 4.14. The van der Waals surface area contributed by atoms with E-state index >= 15 is 0 Å². The van der Waals surface area contributed by atoms with Crippen LogP contribution in [0.25, 0.3) is 5.69 Å². The number of nitrogens with zero attached hydrogens (tertiary/aromatic N) is 4. The molecular formula is C24H27N5O2S. The number of unbranched alkanes of at least 4 members (excludes halogenated alkanes) is 2. The first-order chi connectivity index (χ1) is 15.6. The molecule has 1 aromatic heterocycles. The quantitative estimate of drug-likeness (QED) is 0.413. The molecule has 166 valence electrons. The van der Waals surface area contributed by atoms with E-state index < -0.39 is 6.04 Å². The molecule has 0 radical (unpaired) electrons. The molecule has 2 heterocycles. The van der Waals surface area contributed by atoms with Crippen LogP contribution in [-0.2, 0) is 11.3 Å². The van der Waals surface area contributed by atoms with Crippen molar-refractivity contribution in [3.63, 3.8) is 0 Å². The number of amides is 1. The first-order valence-corrected chi connectivity index (χ1v) is 11.9. The molecule has 1 atom stereocenters. The van der Waals surface area contributed by atoms with E-state index in [0.717, 1.165) is 41.1 Å². The Balaban J connectivity index is 1.61. The van der Waals surface area contributed by atoms with Gasteiger partial charge in [0.05, 0.1) is 24.0 Å². The maximum Gasteiger partial charge on any atom is 0.245 e. The summed E-state index contributed by atoms with van der Waals surface area (Å²) in [5.74, 6) is 0.494. The van der Waals surface area contributed by atoms with E-state index in [9.17, 15) is 9.59 Å². The number of carbonyl (C=O) groups excluding carboxylic acids is 2. The van der Waals surface area contributed by atoms with E-state index in [1.54, 1.807) is 27.7 Å². The summed E-state index contributed by atoms with van der Waals surface area (Å²) in [4.78, 5) is 32.5. The van der Waals surface area contributed by atoms with Crippen molar-refractivity contribution < 1.29 is 9.59 Å². The number of aromatic nitrogens is 3. The first kappa shape index (κ1) is 22.2. The topological polar surface area (TPSA) is 94.1 Å². The molecule has 0 spiro atoms. The van der Waals surface area contributed by atoms with Gasteiger partial charge in [0.15, 0.2) is 5.78 Å². The molecule has 1 amide bonds. The molecule has 1 aliphatic rings. The molecule has 0 aliphatic carbocycles. The van der Waals surface area contributed by atoms with E-state index in [2.05, 4.69) is 17.0 Å². The number of ketones is 1. The van der Waals surface area contributed by atoms with E-state index in [1.165, 1.54) is 6.33 Å². The zero-order valence-electron chi connectivity index (χ0n) is 18.1. The Morgan fingerprint density at radius 3 is 2.72 bits per heavy atom. The lowest BCUT2D eigenvalue weighted by atomic mass is 10.0. The van der Waals surface area contributed by atoms with Crippen molar-refractivity contribution in [1.29, 1.82) is 0 Å². The lowest BCUT2D eigenvalue weighted by Crippen LogP contribution is -2.44. The van der Waals surface area contributed by atoms with Crippen LogP contribution >= 0.6 is 11.8 Å². The molecule has 0 bridgehead atoms. The lowest BCUT2D eigenvalue weighted by Gasteiger charge is -2.25. The van der Waals surface area contributed by atoms with Crippen molar-refractivity contribution in [3.05, 3.63) is 66.2 Å². The first-order valence-electron chi connectivity index (χ1n) is 10.9. The number of benzene rings is 2. The number of anilines is 1. The second kappa shape index (κ2) is 10.1. The predicted octanol–water partition coefficient (Wildman–Crippen LogP) is 4.00. The molecular weight excluding hydrogens is 422 g/mol. The minimum atomic E-state index is -0.592. The summed E-state index contributed by atoms with van der Waals surface area (Å²) in [5.41, 5.74) is 9.43. The Bertz CT molecular complexity index is 1080. The molecule has 3 aromatic rings. The van der Waals surface area contributed by atoms with Crippen LogP contribution in [0, 0.1) is 0 Å². The van der Waals surface area contributed by atoms with Gasteiger partial charge in [-0.3, -0.25) is 9.59 Å². The van der Waals surface area contributed by atoms with Gasteiger partial charge < -0.3 is 10.6 Å². The van der Waals surface area contributed by atoms with Crippen molar-refractivity contribution in [2.45, 2.75) is 50.1 Å². The second-order valence-corrected chi connectivity index (χ2v) is 8.97. The molecule has 0 saturated carbocycles. The highest BCUT2D eigenvalue weighted by Crippen LogP contribution is 2.36. The highest BCUT2D eigenvalue weighted by Gasteiger charge is 2.29. The maximum absolute atomic E-state index is 13.1. The third kappa shape index (κ3) is 4.92. The Morgan fingerprint density at radius 2 is 2.00 bits per heavy atom. The summed E-state index contributed by atoms with van der Waals surface area (Å²) >= 11 is 1.56. The van der Waals surface area contributed by atoms with Crippen LogP contribution in [0.4, 0.5) is 5.69 Å². The number of rotatable bonds is 8. The fourth-order valence-electron chi connectivity index (χ4n) is 3.71. The normalized spacial score (nSPS) is 16.0. The zero-order valence-corrected chi connectivity index (χ0v) is 18.9. The molecule has 1 aliphatic heterocycles. The van der Waals surface area contributed by atoms with Gasteiger partial charge in [-0.05, 0) is 36.2 Å². The second-order valence-electron chi connectivity index (χ2n) is 7.91. The van der Waals surface area contributed by atoms with E-state index in [4.69, 9.17) is 5.73 Å². The third-order valence-electron chi connectivity index (χ3n) is 5.54. The number of nitrogens with two attached hydrogens (primary N) is 1. The molecule has 32 heavy (non-hydrogen) atoms. The van der Waals surface area contributed by atoms with Crippen LogP contribution in [0.1, 0.15) is 48.5 Å². The zero-order chi connectivity index (χ0) is 22.5. The van der Waals surface area contributed by atoms with Gasteiger partial charge >= 0.3 is 0 Å². The molecule has 2 N–H and O–H groups in total. The molecule has 8 heteroatoms. The van der Waals surface area contributed by atoms with Gasteiger partial charge in [-0.2, -0.15) is 5.10 Å². The van der Waals surface area contributed by atoms with Gasteiger partial charge in [0, 0.05) is 22.6 Å². The van der Waals surface area contributed by atoms with E-state index in [0.29, 0.717) is 24.3 Å². The Morgan fingerprint density at radius 1 is 1.19 bits per heavy atom. The van der Waals surface area contributed by atoms with Crippen LogP contribution in [0.3, 0.4) is 0 Å². The van der Waals surface area contributed by atoms with Gasteiger partial charge in [-0.1, -0.05) is 38.0 Å². The summed E-state index contributed by atoms with van der Waals surface area (Å²) < 4.78 is 1.68. The monoisotopic (exact) mass is 449 g/mol. The third-order valence-corrected chi connectivity index (χ3v) is 6.72. The van der Waals surface area contributed by atoms with E-state index in [-0.39, 0.29) is 11.7 Å². The molecule has 4 rings (SSSR count). The standard InChI is InChI=1S/C24H27N5O2S/c1-2-3-4-5-22(30)18-8-11-23-21(12-18)28(24(31)20(25)14-32-23)13-17-6-9-19(10-7-17)29-16-26-15-27-29/h6-12,15-16,20H,2-5,13-14,25H2,1H3/t20-/m0/s1. The van der Waals surface area contributed by atoms with Crippen molar-refractivity contribution in [3.8, 4) is 5.69 Å². The summed E-state index contributed by atoms with van der Waals surface area (Å²) in [6.07, 6.45) is 6.64. The molecule has 7 nitrogen and oxygen atoms in total. The number of fused-ring (bicyclic) bond motifs is 1. The van der Waals surface area contributed by atoms with Gasteiger partial charge in [0.25, 0.3) is 0 Å². The lowest BCUT2D eigenvalue weighted by molar-refractivity contribution is -0.119. The number of Topliss-reactive ketones (excluding diaryl/α,β-unsaturated/α-hetero) is 1. The van der Waals surface area contributed by atoms with Crippen LogP contribution in [0.2, 0.25) is 0 Å². The van der Waals surface area contributed by atoms with Crippen molar-refractivity contribution in [2.75, 3.05) is 10.7 Å². The van der Waals surface area contributed by atoms with Crippen LogP contribution < -0.4 is 10.6 Å². The summed E-state index contributed by atoms with van der Waals surface area (Å²) in [7, 11) is 0. The van der Waals surface area contributed by atoms with E-state index in [1.807, 2.05) is 42.5 Å². The molecule has 0 saturated heterocycles. The predicted molar refractivity (Wildman–Crippen MR) is 126 cm³/mol. The highest BCUT2D eigenvalue weighted by molar-refractivity contribution is 7.99. The number of carbonyl (C=O) groups is 2. The van der Waals surface area contributed by atoms with Crippen LogP contribution in [-0.4, -0.2) is 38.2 Å². The fourth-order valence-corrected chi connectivity index (χ4v) is 4.70. The maximum atomic E-state index is 13.1. The minimum absolute atomic E-state index is 0.115. The number of hydrogen-bond acceptors (Lipinski definition) is 6. The molecule has 2 aromatic carbocycles. The summed E-state index contributed by atoms with van der Waals surface area (Å²) in [6, 6.07) is 12.9. The Labute approximate surface area is 192 Å². The average molecular weight is 450 g/mol. The average Bonchev–Trinajstić information content (AvgIpc) is 3.32. The Hall–Kier alpha value is -2.97. The van der Waals surface area contributed by atoms with Crippen molar-refractivity contribution in [2.24, 2.45) is 5.73 Å². The van der Waals surface area contributed by atoms with Crippen LogP contribution in [0.15, 0.2) is 60.0 Å². The summed E-state index contributed by atoms with van der Waals surface area (Å²) in [6.45, 7) is 2.50. The van der Waals surface area contributed by atoms with Crippen molar-refractivity contribution in [1.82, 2.24) is 14.8 Å². The smallest absolute Gasteiger partial charge is 0.245 e. The van der Waals surface area contributed by atoms with Gasteiger partial charge in [0.2, 0.25) is 5.91 Å². The minimum Gasteiger partial charge on any atom is -0.319 e. The SMILES string of the molecule is CCCCCC(=O)c1ccc2c(c1)N(Cc1ccc(-n3cncn3)cc1)C(=O)[C@@H](N)CS2. The van der Waals surface area contributed by atoms with Gasteiger partial charge in [-0.15, -0.1) is 11.8 Å². The van der Waals surface area contributed by atoms with Crippen molar-refractivity contribution >= 4 is 29.1 Å². The largest absolute Gasteiger partial charge is 0.319 e. The molecule has 0 fully saturated rings. The van der Waals surface area contributed by atoms with Gasteiger partial charge in [0.1, 0.15) is 12.7 Å². The highest BCUT2D eigenvalue weighted by atomic mass is 32.2. The fraction of sp³-hybridized carbons (Fsp3) is 0.333. The molecule has 0 unspecified atom stereocenters.